The summed E-state index contributed by atoms with van der Waals surface area (Å²) in [7, 11) is 0. The third-order valence-corrected chi connectivity index (χ3v) is 4.71. The van der Waals surface area contributed by atoms with Gasteiger partial charge in [0.15, 0.2) is 0 Å². The second-order valence-corrected chi connectivity index (χ2v) is 7.15. The topological polar surface area (TPSA) is 58.4 Å². The molecule has 1 N–H and O–H groups in total. The molecule has 2 rings (SSSR count). The summed E-state index contributed by atoms with van der Waals surface area (Å²) in [4.78, 5) is 14.4. The van der Waals surface area contributed by atoms with Gasteiger partial charge < -0.3 is 10.0 Å². The van der Waals surface area contributed by atoms with Crippen LogP contribution in [0.25, 0.3) is 0 Å². The normalized spacial score (nSPS) is 18.8. The fourth-order valence-corrected chi connectivity index (χ4v) is 2.79. The molecule has 0 unspecified atom stereocenters. The quantitative estimate of drug-likeness (QED) is 0.930. The summed E-state index contributed by atoms with van der Waals surface area (Å²) in [5.74, 6) is 0.0492. The zero-order valence-corrected chi connectivity index (χ0v) is 13.6. The molecule has 5 nitrogen and oxygen atoms in total. The van der Waals surface area contributed by atoms with Crippen molar-refractivity contribution in [2.45, 2.75) is 52.5 Å². The number of hydrogen-bond donors (Lipinski definition) is 1. The monoisotopic (exact) mass is 293 g/mol. The fraction of sp³-hybridized carbons (Fsp3) is 0.750. The second kappa shape index (κ2) is 5.79. The van der Waals surface area contributed by atoms with E-state index in [1.54, 1.807) is 6.20 Å². The average Bonchev–Trinajstić information content (AvgIpc) is 2.96. The van der Waals surface area contributed by atoms with Gasteiger partial charge in [-0.1, -0.05) is 6.92 Å². The third kappa shape index (κ3) is 3.28. The number of aliphatic hydroxyl groups is 1. The molecule has 1 aromatic heterocycles. The molecule has 0 aliphatic carbocycles. The van der Waals surface area contributed by atoms with Gasteiger partial charge >= 0.3 is 0 Å². The molecule has 0 aromatic carbocycles. The number of nitrogens with zero attached hydrogens (tertiary/aromatic N) is 3. The van der Waals surface area contributed by atoms with Crippen LogP contribution in [0.15, 0.2) is 12.4 Å². The van der Waals surface area contributed by atoms with E-state index in [0.29, 0.717) is 18.7 Å². The van der Waals surface area contributed by atoms with Crippen LogP contribution in [0.5, 0.6) is 0 Å². The molecule has 5 heteroatoms. The summed E-state index contributed by atoms with van der Waals surface area (Å²) in [5.41, 5.74) is 0.541. The molecule has 0 spiro atoms. The fourth-order valence-electron chi connectivity index (χ4n) is 2.79. The van der Waals surface area contributed by atoms with E-state index >= 15 is 0 Å². The lowest BCUT2D eigenvalue weighted by molar-refractivity contribution is 0.0338. The highest BCUT2D eigenvalue weighted by Crippen LogP contribution is 2.34. The lowest BCUT2D eigenvalue weighted by Crippen LogP contribution is -2.44. The summed E-state index contributed by atoms with van der Waals surface area (Å²) in [6, 6.07) is 0. The molecule has 1 saturated heterocycles. The lowest BCUT2D eigenvalue weighted by Gasteiger charge is -2.40. The van der Waals surface area contributed by atoms with E-state index in [1.807, 2.05) is 15.8 Å². The predicted octanol–water partition coefficient (Wildman–Crippen LogP) is 2.26. The molecule has 21 heavy (non-hydrogen) atoms. The molecular weight excluding hydrogens is 266 g/mol. The number of piperidine rings is 1. The van der Waals surface area contributed by atoms with Gasteiger partial charge in [-0.2, -0.15) is 5.10 Å². The van der Waals surface area contributed by atoms with Crippen LogP contribution in [0.4, 0.5) is 0 Å². The SMILES string of the molecule is CCC1(CO)CCN(C(=O)c2cnn(C(C)(C)C)c2)CC1. The first-order chi connectivity index (χ1) is 9.81. The van der Waals surface area contributed by atoms with Crippen molar-refractivity contribution in [1.29, 1.82) is 0 Å². The van der Waals surface area contributed by atoms with Gasteiger partial charge in [0, 0.05) is 25.9 Å². The van der Waals surface area contributed by atoms with E-state index in [1.165, 1.54) is 0 Å². The Morgan fingerprint density at radius 2 is 2.00 bits per heavy atom. The molecule has 2 heterocycles. The van der Waals surface area contributed by atoms with Crippen molar-refractivity contribution in [3.8, 4) is 0 Å². The predicted molar refractivity (Wildman–Crippen MR) is 82.2 cm³/mol. The molecule has 1 amide bonds. The second-order valence-electron chi connectivity index (χ2n) is 7.15. The van der Waals surface area contributed by atoms with Crippen LogP contribution < -0.4 is 0 Å². The van der Waals surface area contributed by atoms with Gasteiger partial charge in [0.05, 0.1) is 17.3 Å². The maximum atomic E-state index is 12.5. The van der Waals surface area contributed by atoms with Crippen molar-refractivity contribution < 1.29 is 9.90 Å². The van der Waals surface area contributed by atoms with Crippen molar-refractivity contribution in [2.24, 2.45) is 5.41 Å². The maximum absolute atomic E-state index is 12.5. The van der Waals surface area contributed by atoms with Crippen molar-refractivity contribution in [3.63, 3.8) is 0 Å². The highest BCUT2D eigenvalue weighted by Gasteiger charge is 2.34. The number of carbonyl (C=O) groups excluding carboxylic acids is 1. The minimum Gasteiger partial charge on any atom is -0.396 e. The maximum Gasteiger partial charge on any atom is 0.257 e. The van der Waals surface area contributed by atoms with Crippen LogP contribution in [0.3, 0.4) is 0 Å². The van der Waals surface area contributed by atoms with Gasteiger partial charge in [-0.25, -0.2) is 0 Å². The summed E-state index contributed by atoms with van der Waals surface area (Å²) >= 11 is 0. The summed E-state index contributed by atoms with van der Waals surface area (Å²) < 4.78 is 1.83. The Labute approximate surface area is 126 Å². The highest BCUT2D eigenvalue weighted by molar-refractivity contribution is 5.93. The van der Waals surface area contributed by atoms with Gasteiger partial charge in [-0.05, 0) is 45.4 Å². The number of carbonyl (C=O) groups is 1. The van der Waals surface area contributed by atoms with E-state index in [9.17, 15) is 9.90 Å². The number of hydrogen-bond acceptors (Lipinski definition) is 3. The van der Waals surface area contributed by atoms with Crippen LogP contribution in [0.2, 0.25) is 0 Å². The van der Waals surface area contributed by atoms with Gasteiger partial charge in [0.2, 0.25) is 0 Å². The molecule has 1 aliphatic heterocycles. The molecule has 0 radical (unpaired) electrons. The average molecular weight is 293 g/mol. The van der Waals surface area contributed by atoms with Crippen LogP contribution >= 0.6 is 0 Å². The minimum absolute atomic E-state index is 0.00632. The van der Waals surface area contributed by atoms with Crippen molar-refractivity contribution >= 4 is 5.91 Å². The molecule has 1 aromatic rings. The third-order valence-electron chi connectivity index (χ3n) is 4.71. The zero-order valence-electron chi connectivity index (χ0n) is 13.6. The van der Waals surface area contributed by atoms with E-state index in [-0.39, 0.29) is 23.5 Å². The Kier molecular flexibility index (Phi) is 4.42. The van der Waals surface area contributed by atoms with Crippen molar-refractivity contribution in [2.75, 3.05) is 19.7 Å². The number of aromatic nitrogens is 2. The number of aliphatic hydroxyl groups excluding tert-OH is 1. The minimum atomic E-state index is -0.116. The van der Waals surface area contributed by atoms with E-state index in [4.69, 9.17) is 0 Å². The summed E-state index contributed by atoms with van der Waals surface area (Å²) in [6.45, 7) is 9.94. The Balaban J connectivity index is 2.04. The van der Waals surface area contributed by atoms with E-state index < -0.39 is 0 Å². The highest BCUT2D eigenvalue weighted by atomic mass is 16.3. The molecule has 0 bridgehead atoms. The van der Waals surface area contributed by atoms with Gasteiger partial charge in [-0.15, -0.1) is 0 Å². The number of likely N-dealkylation sites (tertiary alicyclic amines) is 1. The first kappa shape index (κ1) is 16.0. The first-order valence-corrected chi connectivity index (χ1v) is 7.77. The Morgan fingerprint density at radius 3 is 2.43 bits per heavy atom. The van der Waals surface area contributed by atoms with Gasteiger partial charge in [0.1, 0.15) is 0 Å². The molecule has 118 valence electrons. The van der Waals surface area contributed by atoms with Crippen LogP contribution in [-0.2, 0) is 5.54 Å². The summed E-state index contributed by atoms with van der Waals surface area (Å²) in [6.07, 6.45) is 6.20. The van der Waals surface area contributed by atoms with Gasteiger partial charge in [-0.3, -0.25) is 9.48 Å². The van der Waals surface area contributed by atoms with E-state index in [0.717, 1.165) is 19.3 Å². The van der Waals surface area contributed by atoms with Crippen molar-refractivity contribution in [1.82, 2.24) is 14.7 Å². The molecule has 0 saturated carbocycles. The zero-order chi connectivity index (χ0) is 15.7. The lowest BCUT2D eigenvalue weighted by atomic mass is 9.77. The smallest absolute Gasteiger partial charge is 0.257 e. The van der Waals surface area contributed by atoms with Crippen LogP contribution in [0, 0.1) is 5.41 Å². The Bertz CT molecular complexity index is 488. The van der Waals surface area contributed by atoms with Gasteiger partial charge in [0.25, 0.3) is 5.91 Å². The Hall–Kier alpha value is -1.36. The molecule has 1 fully saturated rings. The largest absolute Gasteiger partial charge is 0.396 e. The number of amides is 1. The Morgan fingerprint density at radius 1 is 1.38 bits per heavy atom. The van der Waals surface area contributed by atoms with Crippen LogP contribution in [-0.4, -0.2) is 45.4 Å². The van der Waals surface area contributed by atoms with E-state index in [2.05, 4.69) is 32.8 Å². The summed E-state index contributed by atoms with van der Waals surface area (Å²) in [5, 5.41) is 13.9. The number of rotatable bonds is 3. The molecule has 0 atom stereocenters. The van der Waals surface area contributed by atoms with Crippen molar-refractivity contribution in [3.05, 3.63) is 18.0 Å². The first-order valence-electron chi connectivity index (χ1n) is 7.77. The molecule has 1 aliphatic rings. The molecular formula is C16H27N3O2. The standard InChI is InChI=1S/C16H27N3O2/c1-5-16(12-20)6-8-18(9-7-16)14(21)13-10-17-19(11-13)15(2,3)4/h10-11,20H,5-9,12H2,1-4H3. The van der Waals surface area contributed by atoms with Crippen LogP contribution in [0.1, 0.15) is 57.3 Å².